The lowest BCUT2D eigenvalue weighted by Gasteiger charge is -2.26. The number of aryl methyl sites for hydroxylation is 1. The molecule has 0 bridgehead atoms. The maximum absolute atomic E-state index is 13.2. The number of ether oxygens (including phenoxy) is 1. The summed E-state index contributed by atoms with van der Waals surface area (Å²) in [5, 5.41) is 12.0. The summed E-state index contributed by atoms with van der Waals surface area (Å²) >= 11 is 12.3. The second-order valence-electron chi connectivity index (χ2n) is 7.41. The van der Waals surface area contributed by atoms with Gasteiger partial charge in [0.25, 0.3) is 11.7 Å². The largest absolute Gasteiger partial charge is 0.507 e. The third-order valence-electron chi connectivity index (χ3n) is 5.34. The van der Waals surface area contributed by atoms with Crippen molar-refractivity contribution in [1.82, 2.24) is 0 Å². The highest BCUT2D eigenvalue weighted by atomic mass is 35.5. The standard InChI is InChI=1S/C25H19Cl2NO4/c1-14-4-3-5-15(12-14)22-21(23(29)19-13-18(32-2)10-11-20(19)27)24(30)25(31)28(22)17-8-6-16(26)7-9-17/h3-13,22,29H,1-2H3/b23-21+. The van der Waals surface area contributed by atoms with E-state index in [-0.39, 0.29) is 21.9 Å². The van der Waals surface area contributed by atoms with E-state index in [9.17, 15) is 14.7 Å². The number of anilines is 1. The smallest absolute Gasteiger partial charge is 0.300 e. The van der Waals surface area contributed by atoms with Crippen LogP contribution in [0.25, 0.3) is 5.76 Å². The van der Waals surface area contributed by atoms with E-state index >= 15 is 0 Å². The van der Waals surface area contributed by atoms with Crippen LogP contribution in [0.1, 0.15) is 22.7 Å². The Morgan fingerprint density at radius 2 is 1.72 bits per heavy atom. The molecule has 0 aliphatic carbocycles. The van der Waals surface area contributed by atoms with Crippen LogP contribution < -0.4 is 9.64 Å². The van der Waals surface area contributed by atoms with E-state index in [2.05, 4.69) is 0 Å². The molecule has 1 N–H and O–H groups in total. The van der Waals surface area contributed by atoms with E-state index in [1.807, 2.05) is 31.2 Å². The number of aliphatic hydroxyl groups excluding tert-OH is 1. The van der Waals surface area contributed by atoms with Crippen molar-refractivity contribution < 1.29 is 19.4 Å². The quantitative estimate of drug-likeness (QED) is 0.293. The van der Waals surface area contributed by atoms with E-state index in [1.54, 1.807) is 36.4 Å². The Bertz CT molecular complexity index is 1250. The molecule has 0 aromatic heterocycles. The lowest BCUT2D eigenvalue weighted by atomic mass is 9.94. The Kier molecular flexibility index (Phi) is 5.96. The van der Waals surface area contributed by atoms with Crippen molar-refractivity contribution in [3.05, 3.63) is 99.0 Å². The van der Waals surface area contributed by atoms with Crippen LogP contribution in [0.5, 0.6) is 5.75 Å². The van der Waals surface area contributed by atoms with E-state index in [4.69, 9.17) is 27.9 Å². The first-order chi connectivity index (χ1) is 15.3. The summed E-state index contributed by atoms with van der Waals surface area (Å²) in [6.45, 7) is 1.91. The molecule has 1 unspecified atom stereocenters. The lowest BCUT2D eigenvalue weighted by Crippen LogP contribution is -2.29. The van der Waals surface area contributed by atoms with Gasteiger partial charge in [-0.15, -0.1) is 0 Å². The van der Waals surface area contributed by atoms with Gasteiger partial charge in [0.05, 0.1) is 23.7 Å². The number of carbonyl (C=O) groups is 2. The first kappa shape index (κ1) is 21.9. The summed E-state index contributed by atoms with van der Waals surface area (Å²) in [5.74, 6) is -1.47. The van der Waals surface area contributed by atoms with Gasteiger partial charge >= 0.3 is 0 Å². The topological polar surface area (TPSA) is 66.8 Å². The fraction of sp³-hybridized carbons (Fsp3) is 0.120. The number of nitrogens with zero attached hydrogens (tertiary/aromatic N) is 1. The zero-order chi connectivity index (χ0) is 23.0. The predicted octanol–water partition coefficient (Wildman–Crippen LogP) is 5.94. The molecule has 1 atom stereocenters. The molecule has 1 fully saturated rings. The number of ketones is 1. The summed E-state index contributed by atoms with van der Waals surface area (Å²) in [5.41, 5.74) is 2.27. The second-order valence-corrected chi connectivity index (χ2v) is 8.25. The van der Waals surface area contributed by atoms with Crippen molar-refractivity contribution in [1.29, 1.82) is 0 Å². The Balaban J connectivity index is 1.98. The first-order valence-electron chi connectivity index (χ1n) is 9.79. The number of halogens is 2. The van der Waals surface area contributed by atoms with Gasteiger partial charge in [0, 0.05) is 16.3 Å². The van der Waals surface area contributed by atoms with Gasteiger partial charge < -0.3 is 9.84 Å². The summed E-state index contributed by atoms with van der Waals surface area (Å²) in [7, 11) is 1.49. The van der Waals surface area contributed by atoms with Gasteiger partial charge in [-0.3, -0.25) is 14.5 Å². The van der Waals surface area contributed by atoms with Crippen molar-refractivity contribution in [2.24, 2.45) is 0 Å². The highest BCUT2D eigenvalue weighted by molar-refractivity contribution is 6.52. The number of hydrogen-bond donors (Lipinski definition) is 1. The minimum Gasteiger partial charge on any atom is -0.507 e. The third-order valence-corrected chi connectivity index (χ3v) is 5.92. The van der Waals surface area contributed by atoms with E-state index < -0.39 is 17.7 Å². The highest BCUT2D eigenvalue weighted by Gasteiger charge is 2.47. The molecule has 3 aromatic carbocycles. The molecule has 0 spiro atoms. The predicted molar refractivity (Wildman–Crippen MR) is 125 cm³/mol. The number of amides is 1. The minimum absolute atomic E-state index is 0.0503. The Morgan fingerprint density at radius 3 is 2.38 bits per heavy atom. The average Bonchev–Trinajstić information content (AvgIpc) is 3.05. The number of benzene rings is 3. The molecule has 0 saturated carbocycles. The van der Waals surface area contributed by atoms with Gasteiger partial charge in [0.15, 0.2) is 0 Å². The number of rotatable bonds is 4. The number of hydrogen-bond acceptors (Lipinski definition) is 4. The molecule has 32 heavy (non-hydrogen) atoms. The molecule has 1 amide bonds. The summed E-state index contributed by atoms with van der Waals surface area (Å²) in [6.07, 6.45) is 0. The van der Waals surface area contributed by atoms with Crippen LogP contribution in [-0.4, -0.2) is 23.9 Å². The summed E-state index contributed by atoms with van der Waals surface area (Å²) < 4.78 is 5.23. The highest BCUT2D eigenvalue weighted by Crippen LogP contribution is 2.43. The summed E-state index contributed by atoms with van der Waals surface area (Å²) in [6, 6.07) is 17.9. The van der Waals surface area contributed by atoms with Crippen molar-refractivity contribution in [2.75, 3.05) is 12.0 Å². The molecule has 162 valence electrons. The van der Waals surface area contributed by atoms with Crippen LogP contribution in [0.4, 0.5) is 5.69 Å². The van der Waals surface area contributed by atoms with Crippen molar-refractivity contribution in [3.8, 4) is 5.75 Å². The minimum atomic E-state index is -0.849. The van der Waals surface area contributed by atoms with Crippen LogP contribution in [0.2, 0.25) is 10.0 Å². The van der Waals surface area contributed by atoms with Gasteiger partial charge in [-0.1, -0.05) is 53.0 Å². The normalized spacial score (nSPS) is 17.6. The van der Waals surface area contributed by atoms with Crippen molar-refractivity contribution in [2.45, 2.75) is 13.0 Å². The molecular formula is C25H19Cl2NO4. The zero-order valence-electron chi connectivity index (χ0n) is 17.3. The average molecular weight is 468 g/mol. The van der Waals surface area contributed by atoms with Gasteiger partial charge in [0.2, 0.25) is 0 Å². The molecule has 3 aromatic rings. The lowest BCUT2D eigenvalue weighted by molar-refractivity contribution is -0.132. The Hall–Kier alpha value is -3.28. The fourth-order valence-corrected chi connectivity index (χ4v) is 4.15. The van der Waals surface area contributed by atoms with Crippen molar-refractivity contribution in [3.63, 3.8) is 0 Å². The Morgan fingerprint density at radius 1 is 1.00 bits per heavy atom. The third kappa shape index (κ3) is 3.85. The molecule has 4 rings (SSSR count). The molecular weight excluding hydrogens is 449 g/mol. The number of methoxy groups -OCH3 is 1. The van der Waals surface area contributed by atoms with Crippen molar-refractivity contribution >= 4 is 46.3 Å². The molecule has 1 aliphatic heterocycles. The summed E-state index contributed by atoms with van der Waals surface area (Å²) in [4.78, 5) is 27.7. The van der Waals surface area contributed by atoms with Gasteiger partial charge in [-0.2, -0.15) is 0 Å². The number of Topliss-reactive ketones (excluding diaryl/α,β-unsaturated/α-hetero) is 1. The maximum Gasteiger partial charge on any atom is 0.300 e. The van der Waals surface area contributed by atoms with Crippen LogP contribution in [0, 0.1) is 6.92 Å². The van der Waals surface area contributed by atoms with E-state index in [0.29, 0.717) is 22.0 Å². The second kappa shape index (κ2) is 8.69. The molecule has 1 saturated heterocycles. The van der Waals surface area contributed by atoms with Gasteiger partial charge in [-0.05, 0) is 55.0 Å². The molecule has 0 radical (unpaired) electrons. The van der Waals surface area contributed by atoms with Crippen LogP contribution in [0.15, 0.2) is 72.3 Å². The SMILES string of the molecule is COc1ccc(Cl)c(/C(O)=C2\C(=O)C(=O)N(c3ccc(Cl)cc3)C2c2cccc(C)c2)c1. The zero-order valence-corrected chi connectivity index (χ0v) is 18.8. The van der Waals surface area contributed by atoms with E-state index in [1.165, 1.54) is 18.1 Å². The van der Waals surface area contributed by atoms with E-state index in [0.717, 1.165) is 5.56 Å². The molecule has 7 heteroatoms. The molecule has 1 heterocycles. The Labute approximate surface area is 195 Å². The fourth-order valence-electron chi connectivity index (χ4n) is 3.81. The number of carbonyl (C=O) groups excluding carboxylic acids is 2. The molecule has 5 nitrogen and oxygen atoms in total. The first-order valence-corrected chi connectivity index (χ1v) is 10.5. The number of aliphatic hydroxyl groups is 1. The molecule has 1 aliphatic rings. The maximum atomic E-state index is 13.2. The van der Waals surface area contributed by atoms with Crippen LogP contribution in [0.3, 0.4) is 0 Å². The van der Waals surface area contributed by atoms with Crippen LogP contribution in [-0.2, 0) is 9.59 Å². The van der Waals surface area contributed by atoms with Crippen LogP contribution >= 0.6 is 23.2 Å². The van der Waals surface area contributed by atoms with Gasteiger partial charge in [-0.25, -0.2) is 0 Å². The monoisotopic (exact) mass is 467 g/mol. The van der Waals surface area contributed by atoms with Gasteiger partial charge in [0.1, 0.15) is 11.5 Å².